The van der Waals surface area contributed by atoms with Gasteiger partial charge in [0, 0.05) is 12.6 Å². The fraction of sp³-hybridized carbons (Fsp3) is 0.818. The summed E-state index contributed by atoms with van der Waals surface area (Å²) in [5.74, 6) is 0.312. The highest BCUT2D eigenvalue weighted by atomic mass is 16.6. The third kappa shape index (κ3) is 2.76. The Morgan fingerprint density at radius 3 is 2.88 bits per heavy atom. The molecule has 2 N–H and O–H groups in total. The average Bonchev–Trinajstić information content (AvgIpc) is 2.70. The third-order valence-corrected chi connectivity index (χ3v) is 3.52. The van der Waals surface area contributed by atoms with Gasteiger partial charge in [-0.25, -0.2) is 9.69 Å². The van der Waals surface area contributed by atoms with Gasteiger partial charge in [0.25, 0.3) is 0 Å². The second-order valence-electron chi connectivity index (χ2n) is 4.82. The Labute approximate surface area is 101 Å². The minimum atomic E-state index is -0.523. The predicted molar refractivity (Wildman–Crippen MR) is 61.3 cm³/mol. The van der Waals surface area contributed by atoms with E-state index in [1.165, 1.54) is 4.90 Å². The van der Waals surface area contributed by atoms with Crippen LogP contribution >= 0.6 is 0 Å². The molecule has 2 atom stereocenters. The van der Waals surface area contributed by atoms with Crippen molar-refractivity contribution < 1.29 is 14.3 Å². The highest BCUT2D eigenvalue weighted by molar-refractivity contribution is 5.94. The Bertz CT molecular complexity index is 321. The van der Waals surface area contributed by atoms with Gasteiger partial charge in [-0.1, -0.05) is 6.92 Å². The van der Waals surface area contributed by atoms with Gasteiger partial charge >= 0.3 is 6.09 Å². The van der Waals surface area contributed by atoms with Gasteiger partial charge in [-0.15, -0.1) is 0 Å². The van der Waals surface area contributed by atoms with Crippen molar-refractivity contribution in [3.05, 3.63) is 0 Å². The number of cyclic esters (lactones) is 1. The minimum absolute atomic E-state index is 0.113. The van der Waals surface area contributed by atoms with Gasteiger partial charge in [0.05, 0.1) is 13.1 Å². The number of imide groups is 1. The predicted octanol–water partition coefficient (Wildman–Crippen LogP) is -0.366. The van der Waals surface area contributed by atoms with Crippen LogP contribution in [0.1, 0.15) is 13.3 Å². The van der Waals surface area contributed by atoms with E-state index < -0.39 is 6.09 Å². The van der Waals surface area contributed by atoms with Crippen LogP contribution in [0.2, 0.25) is 0 Å². The van der Waals surface area contributed by atoms with E-state index in [1.807, 2.05) is 4.90 Å². The zero-order valence-electron chi connectivity index (χ0n) is 10.1. The molecule has 0 aromatic carbocycles. The fourth-order valence-electron chi connectivity index (χ4n) is 2.21. The molecule has 2 unspecified atom stereocenters. The van der Waals surface area contributed by atoms with Crippen LogP contribution in [0.25, 0.3) is 0 Å². The van der Waals surface area contributed by atoms with E-state index >= 15 is 0 Å². The quantitative estimate of drug-likeness (QED) is 0.714. The van der Waals surface area contributed by atoms with Gasteiger partial charge in [0.1, 0.15) is 6.61 Å². The van der Waals surface area contributed by atoms with Gasteiger partial charge in [-0.2, -0.15) is 0 Å². The van der Waals surface area contributed by atoms with E-state index in [9.17, 15) is 9.59 Å². The summed E-state index contributed by atoms with van der Waals surface area (Å²) in [4.78, 5) is 26.3. The first-order chi connectivity index (χ1) is 8.08. The summed E-state index contributed by atoms with van der Waals surface area (Å²) in [5, 5.41) is 0. The highest BCUT2D eigenvalue weighted by Crippen LogP contribution is 2.15. The van der Waals surface area contributed by atoms with E-state index in [4.69, 9.17) is 10.5 Å². The van der Waals surface area contributed by atoms with Crippen molar-refractivity contribution in [2.75, 3.05) is 32.8 Å². The lowest BCUT2D eigenvalue weighted by atomic mass is 9.94. The summed E-state index contributed by atoms with van der Waals surface area (Å²) in [6.07, 6.45) is 0.475. The van der Waals surface area contributed by atoms with Crippen LogP contribution in [0.5, 0.6) is 0 Å². The van der Waals surface area contributed by atoms with Gasteiger partial charge in [-0.3, -0.25) is 9.69 Å². The van der Waals surface area contributed by atoms with Gasteiger partial charge in [0.2, 0.25) is 5.91 Å². The van der Waals surface area contributed by atoms with Crippen LogP contribution in [0, 0.1) is 5.92 Å². The molecule has 2 aliphatic rings. The minimum Gasteiger partial charge on any atom is -0.447 e. The molecule has 2 saturated heterocycles. The van der Waals surface area contributed by atoms with Crippen LogP contribution in [-0.4, -0.2) is 60.6 Å². The molecule has 0 bridgehead atoms. The number of carbonyl (C=O) groups excluding carboxylic acids is 2. The van der Waals surface area contributed by atoms with E-state index in [2.05, 4.69) is 6.92 Å². The van der Waals surface area contributed by atoms with Crippen LogP contribution in [0.15, 0.2) is 0 Å². The number of piperidine rings is 1. The van der Waals surface area contributed by atoms with Crippen molar-refractivity contribution in [2.24, 2.45) is 11.7 Å². The maximum absolute atomic E-state index is 11.9. The summed E-state index contributed by atoms with van der Waals surface area (Å²) in [7, 11) is 0. The second kappa shape index (κ2) is 5.01. The van der Waals surface area contributed by atoms with Crippen molar-refractivity contribution in [3.63, 3.8) is 0 Å². The van der Waals surface area contributed by atoms with E-state index in [0.717, 1.165) is 19.5 Å². The Hall–Kier alpha value is -1.14. The molecule has 0 radical (unpaired) electrons. The molecule has 2 amide bonds. The number of nitrogens with zero attached hydrogens (tertiary/aromatic N) is 2. The number of ether oxygens (including phenoxy) is 1. The standard InChI is InChI=1S/C11H19N3O3/c1-8-2-3-13(6-9(8)12)7-10(15)14-4-5-17-11(14)16/h8-9H,2-7,12H2,1H3. The fourth-order valence-corrected chi connectivity index (χ4v) is 2.21. The number of carbonyl (C=O) groups is 2. The summed E-state index contributed by atoms with van der Waals surface area (Å²) in [6, 6.07) is 0.113. The zero-order valence-corrected chi connectivity index (χ0v) is 10.1. The average molecular weight is 241 g/mol. The number of amides is 2. The van der Waals surface area contributed by atoms with Crippen molar-refractivity contribution in [3.8, 4) is 0 Å². The lowest BCUT2D eigenvalue weighted by molar-refractivity contribution is -0.129. The number of likely N-dealkylation sites (tertiary alicyclic amines) is 1. The summed E-state index contributed by atoms with van der Waals surface area (Å²) in [6.45, 7) is 4.64. The van der Waals surface area contributed by atoms with E-state index in [0.29, 0.717) is 19.1 Å². The Balaban J connectivity index is 1.84. The zero-order chi connectivity index (χ0) is 12.4. The molecule has 2 rings (SSSR count). The molecule has 6 heteroatoms. The molecule has 0 spiro atoms. The van der Waals surface area contributed by atoms with Crippen molar-refractivity contribution >= 4 is 12.0 Å². The molecule has 0 aromatic heterocycles. The largest absolute Gasteiger partial charge is 0.447 e. The van der Waals surface area contributed by atoms with Crippen LogP contribution in [0.3, 0.4) is 0 Å². The Morgan fingerprint density at radius 2 is 2.29 bits per heavy atom. The SMILES string of the molecule is CC1CCN(CC(=O)N2CCOC2=O)CC1N. The maximum Gasteiger partial charge on any atom is 0.416 e. The van der Waals surface area contributed by atoms with Crippen LogP contribution in [0.4, 0.5) is 4.79 Å². The summed E-state index contributed by atoms with van der Waals surface area (Å²) in [5.41, 5.74) is 5.97. The topological polar surface area (TPSA) is 75.9 Å². The molecule has 2 heterocycles. The van der Waals surface area contributed by atoms with Crippen molar-refractivity contribution in [1.29, 1.82) is 0 Å². The molecule has 2 aliphatic heterocycles. The first-order valence-corrected chi connectivity index (χ1v) is 6.03. The number of hydrogen-bond acceptors (Lipinski definition) is 5. The highest BCUT2D eigenvalue weighted by Gasteiger charge is 2.31. The van der Waals surface area contributed by atoms with E-state index in [1.54, 1.807) is 0 Å². The van der Waals surface area contributed by atoms with Crippen molar-refractivity contribution in [2.45, 2.75) is 19.4 Å². The first-order valence-electron chi connectivity index (χ1n) is 6.03. The number of nitrogens with two attached hydrogens (primary N) is 1. The molecule has 0 aromatic rings. The first kappa shape index (κ1) is 12.3. The van der Waals surface area contributed by atoms with Crippen LogP contribution < -0.4 is 5.73 Å². The van der Waals surface area contributed by atoms with Gasteiger partial charge in [-0.05, 0) is 18.9 Å². The maximum atomic E-state index is 11.9. The Morgan fingerprint density at radius 1 is 1.53 bits per heavy atom. The molecular weight excluding hydrogens is 222 g/mol. The molecule has 0 aliphatic carbocycles. The molecule has 2 fully saturated rings. The van der Waals surface area contributed by atoms with Gasteiger partial charge in [0.15, 0.2) is 0 Å². The molecule has 17 heavy (non-hydrogen) atoms. The molecule has 96 valence electrons. The lowest BCUT2D eigenvalue weighted by Gasteiger charge is -2.34. The monoisotopic (exact) mass is 241 g/mol. The summed E-state index contributed by atoms with van der Waals surface area (Å²) < 4.78 is 4.74. The lowest BCUT2D eigenvalue weighted by Crippen LogP contribution is -2.51. The van der Waals surface area contributed by atoms with Crippen LogP contribution in [-0.2, 0) is 9.53 Å². The second-order valence-corrected chi connectivity index (χ2v) is 4.82. The number of hydrogen-bond donors (Lipinski definition) is 1. The normalized spacial score (nSPS) is 30.5. The number of rotatable bonds is 2. The molecule has 6 nitrogen and oxygen atoms in total. The molecular formula is C11H19N3O3. The van der Waals surface area contributed by atoms with Gasteiger partial charge < -0.3 is 10.5 Å². The van der Waals surface area contributed by atoms with Crippen molar-refractivity contribution in [1.82, 2.24) is 9.80 Å². The summed E-state index contributed by atoms with van der Waals surface area (Å²) >= 11 is 0. The van der Waals surface area contributed by atoms with E-state index in [-0.39, 0.29) is 18.5 Å². The third-order valence-electron chi connectivity index (χ3n) is 3.52. The smallest absolute Gasteiger partial charge is 0.416 e. The Kier molecular flexibility index (Phi) is 3.63. The molecule has 0 saturated carbocycles.